The Morgan fingerprint density at radius 2 is 2.22 bits per heavy atom. The Morgan fingerprint density at radius 1 is 1.33 bits per heavy atom. The molecule has 0 saturated carbocycles. The number of fused-ring (bicyclic) bond motifs is 1. The number of nitrogens with zero attached hydrogens (tertiary/aromatic N) is 1. The highest BCUT2D eigenvalue weighted by atomic mass is 16.5. The standard InChI is InChI=1S/C15H20N2O/c16-7-5-13-10-17(9-12-6-8-18-11-12)15-4-2-1-3-14(13)15/h1-4,10,12H,5-9,11,16H2. The first-order chi connectivity index (χ1) is 8.88. The van der Waals surface area contributed by atoms with E-state index in [9.17, 15) is 0 Å². The van der Waals surface area contributed by atoms with Gasteiger partial charge in [0, 0.05) is 36.2 Å². The molecule has 18 heavy (non-hydrogen) atoms. The fourth-order valence-electron chi connectivity index (χ4n) is 2.83. The van der Waals surface area contributed by atoms with Gasteiger partial charge in [-0.2, -0.15) is 0 Å². The van der Waals surface area contributed by atoms with Gasteiger partial charge in [-0.25, -0.2) is 0 Å². The van der Waals surface area contributed by atoms with Gasteiger partial charge in [0.2, 0.25) is 0 Å². The Labute approximate surface area is 108 Å². The molecule has 0 bridgehead atoms. The molecule has 1 aromatic heterocycles. The molecule has 0 aliphatic carbocycles. The summed E-state index contributed by atoms with van der Waals surface area (Å²) in [7, 11) is 0. The van der Waals surface area contributed by atoms with Gasteiger partial charge in [-0.15, -0.1) is 0 Å². The van der Waals surface area contributed by atoms with Crippen LogP contribution in [0, 0.1) is 5.92 Å². The maximum atomic E-state index is 5.70. The van der Waals surface area contributed by atoms with Crippen molar-refractivity contribution in [2.45, 2.75) is 19.4 Å². The minimum atomic E-state index is 0.659. The van der Waals surface area contributed by atoms with E-state index in [0.29, 0.717) is 12.5 Å². The molecule has 1 unspecified atom stereocenters. The molecule has 1 aliphatic heterocycles. The fourth-order valence-corrected chi connectivity index (χ4v) is 2.83. The van der Waals surface area contributed by atoms with Gasteiger partial charge >= 0.3 is 0 Å². The normalized spacial score (nSPS) is 19.7. The van der Waals surface area contributed by atoms with E-state index < -0.39 is 0 Å². The molecule has 1 aromatic carbocycles. The van der Waals surface area contributed by atoms with Gasteiger partial charge in [-0.3, -0.25) is 0 Å². The van der Waals surface area contributed by atoms with E-state index >= 15 is 0 Å². The van der Waals surface area contributed by atoms with Gasteiger partial charge in [-0.05, 0) is 31.0 Å². The molecule has 1 atom stereocenters. The van der Waals surface area contributed by atoms with Crippen LogP contribution in [0.1, 0.15) is 12.0 Å². The second-order valence-electron chi connectivity index (χ2n) is 5.09. The SMILES string of the molecule is NCCc1cn(CC2CCOC2)c2ccccc12. The summed E-state index contributed by atoms with van der Waals surface area (Å²) in [5, 5.41) is 1.35. The number of benzene rings is 1. The lowest BCUT2D eigenvalue weighted by molar-refractivity contribution is 0.183. The first-order valence-corrected chi connectivity index (χ1v) is 6.73. The van der Waals surface area contributed by atoms with Gasteiger partial charge in [0.1, 0.15) is 0 Å². The molecule has 3 heteroatoms. The topological polar surface area (TPSA) is 40.2 Å². The van der Waals surface area contributed by atoms with E-state index in [0.717, 1.165) is 26.2 Å². The van der Waals surface area contributed by atoms with Crippen molar-refractivity contribution >= 4 is 10.9 Å². The van der Waals surface area contributed by atoms with Crippen LogP contribution in [-0.2, 0) is 17.7 Å². The van der Waals surface area contributed by atoms with Gasteiger partial charge in [-0.1, -0.05) is 18.2 Å². The highest BCUT2D eigenvalue weighted by Gasteiger charge is 2.17. The highest BCUT2D eigenvalue weighted by Crippen LogP contribution is 2.24. The van der Waals surface area contributed by atoms with E-state index in [-0.39, 0.29) is 0 Å². The maximum Gasteiger partial charge on any atom is 0.0512 e. The van der Waals surface area contributed by atoms with Crippen LogP contribution in [0.2, 0.25) is 0 Å². The quantitative estimate of drug-likeness (QED) is 0.895. The monoisotopic (exact) mass is 244 g/mol. The fraction of sp³-hybridized carbons (Fsp3) is 0.467. The zero-order valence-corrected chi connectivity index (χ0v) is 10.6. The minimum Gasteiger partial charge on any atom is -0.381 e. The summed E-state index contributed by atoms with van der Waals surface area (Å²) >= 11 is 0. The molecule has 96 valence electrons. The van der Waals surface area contributed by atoms with Gasteiger partial charge in [0.15, 0.2) is 0 Å². The summed E-state index contributed by atoms with van der Waals surface area (Å²) in [6.45, 7) is 3.59. The third-order valence-electron chi connectivity index (χ3n) is 3.76. The molecule has 2 heterocycles. The van der Waals surface area contributed by atoms with Crippen LogP contribution >= 0.6 is 0 Å². The number of nitrogens with two attached hydrogens (primary N) is 1. The van der Waals surface area contributed by atoms with Crippen molar-refractivity contribution in [3.63, 3.8) is 0 Å². The Morgan fingerprint density at radius 3 is 3.00 bits per heavy atom. The van der Waals surface area contributed by atoms with E-state index in [2.05, 4.69) is 35.0 Å². The molecular weight excluding hydrogens is 224 g/mol. The smallest absolute Gasteiger partial charge is 0.0512 e. The zero-order chi connectivity index (χ0) is 12.4. The molecule has 0 radical (unpaired) electrons. The van der Waals surface area contributed by atoms with Crippen molar-refractivity contribution in [2.75, 3.05) is 19.8 Å². The Hall–Kier alpha value is -1.32. The highest BCUT2D eigenvalue weighted by molar-refractivity contribution is 5.84. The molecule has 3 nitrogen and oxygen atoms in total. The van der Waals surface area contributed by atoms with Crippen LogP contribution in [0.5, 0.6) is 0 Å². The number of hydrogen-bond donors (Lipinski definition) is 1. The first kappa shape index (κ1) is 11.8. The molecule has 1 saturated heterocycles. The predicted molar refractivity (Wildman–Crippen MR) is 73.6 cm³/mol. The molecule has 1 aliphatic rings. The number of hydrogen-bond acceptors (Lipinski definition) is 2. The molecule has 3 rings (SSSR count). The third kappa shape index (κ3) is 2.16. The van der Waals surface area contributed by atoms with Gasteiger partial charge in [0.25, 0.3) is 0 Å². The molecule has 1 fully saturated rings. The van der Waals surface area contributed by atoms with Crippen LogP contribution < -0.4 is 5.73 Å². The lowest BCUT2D eigenvalue weighted by Crippen LogP contribution is -2.09. The van der Waals surface area contributed by atoms with Gasteiger partial charge < -0.3 is 15.0 Å². The van der Waals surface area contributed by atoms with Crippen molar-refractivity contribution in [3.8, 4) is 0 Å². The second kappa shape index (κ2) is 5.12. The molecule has 0 amide bonds. The lowest BCUT2D eigenvalue weighted by atomic mass is 10.1. The summed E-state index contributed by atoms with van der Waals surface area (Å²) in [5.41, 5.74) is 8.39. The van der Waals surface area contributed by atoms with Crippen LogP contribution in [-0.4, -0.2) is 24.3 Å². The van der Waals surface area contributed by atoms with Crippen molar-refractivity contribution < 1.29 is 4.74 Å². The number of rotatable bonds is 4. The van der Waals surface area contributed by atoms with Gasteiger partial charge in [0.05, 0.1) is 6.61 Å². The first-order valence-electron chi connectivity index (χ1n) is 6.73. The van der Waals surface area contributed by atoms with E-state index in [4.69, 9.17) is 10.5 Å². The number of para-hydroxylation sites is 1. The Balaban J connectivity index is 1.94. The minimum absolute atomic E-state index is 0.659. The van der Waals surface area contributed by atoms with E-state index in [1.165, 1.54) is 22.9 Å². The summed E-state index contributed by atoms with van der Waals surface area (Å²) in [6.07, 6.45) is 4.41. The predicted octanol–water partition coefficient (Wildman–Crippen LogP) is 2.18. The lowest BCUT2D eigenvalue weighted by Gasteiger charge is -2.10. The summed E-state index contributed by atoms with van der Waals surface area (Å²) in [5.74, 6) is 0.659. The molecule has 0 spiro atoms. The average Bonchev–Trinajstić information content (AvgIpc) is 3.00. The van der Waals surface area contributed by atoms with Crippen LogP contribution in [0.15, 0.2) is 30.5 Å². The largest absolute Gasteiger partial charge is 0.381 e. The number of ether oxygens (including phenoxy) is 1. The maximum absolute atomic E-state index is 5.70. The van der Waals surface area contributed by atoms with Crippen molar-refractivity contribution in [2.24, 2.45) is 11.7 Å². The summed E-state index contributed by atoms with van der Waals surface area (Å²) < 4.78 is 7.84. The van der Waals surface area contributed by atoms with Crippen LogP contribution in [0.25, 0.3) is 10.9 Å². The molecule has 2 aromatic rings. The van der Waals surface area contributed by atoms with Crippen molar-refractivity contribution in [1.82, 2.24) is 4.57 Å². The summed E-state index contributed by atoms with van der Waals surface area (Å²) in [6, 6.07) is 8.61. The van der Waals surface area contributed by atoms with Crippen molar-refractivity contribution in [3.05, 3.63) is 36.0 Å². The second-order valence-corrected chi connectivity index (χ2v) is 5.09. The van der Waals surface area contributed by atoms with Crippen LogP contribution in [0.3, 0.4) is 0 Å². The molecule has 2 N–H and O–H groups in total. The summed E-state index contributed by atoms with van der Waals surface area (Å²) in [4.78, 5) is 0. The number of aromatic nitrogens is 1. The van der Waals surface area contributed by atoms with E-state index in [1.54, 1.807) is 0 Å². The molecular formula is C15H20N2O. The average molecular weight is 244 g/mol. The van der Waals surface area contributed by atoms with Crippen LogP contribution in [0.4, 0.5) is 0 Å². The van der Waals surface area contributed by atoms with Crippen molar-refractivity contribution in [1.29, 1.82) is 0 Å². The van der Waals surface area contributed by atoms with E-state index in [1.807, 2.05) is 0 Å². The Bertz CT molecular complexity index is 526. The Kier molecular flexibility index (Phi) is 3.35. The third-order valence-corrected chi connectivity index (χ3v) is 3.76. The zero-order valence-electron chi connectivity index (χ0n) is 10.6.